The van der Waals surface area contributed by atoms with Gasteiger partial charge < -0.3 is 5.11 Å². The molecular weight excluding hydrogens is 148 g/mol. The number of hydrogen-bond donors (Lipinski definition) is 1. The molecule has 4 nitrogen and oxygen atoms in total. The Labute approximate surface area is 65.0 Å². The Morgan fingerprint density at radius 1 is 1.73 bits per heavy atom. The monoisotopic (exact) mass is 160 g/mol. The van der Waals surface area contributed by atoms with E-state index in [1.165, 1.54) is 6.92 Å². The fraction of sp³-hybridized carbons (Fsp3) is 0.857. The molecule has 11 heavy (non-hydrogen) atoms. The van der Waals surface area contributed by atoms with E-state index in [9.17, 15) is 4.79 Å². The third kappa shape index (κ3) is 1.23. The molecule has 1 heterocycles. The maximum absolute atomic E-state index is 10.6. The summed E-state index contributed by atoms with van der Waals surface area (Å²) in [5.74, 6) is -0.956. The zero-order valence-electron chi connectivity index (χ0n) is 6.66. The minimum Gasteiger partial charge on any atom is -0.479 e. The number of carboxylic acids is 1. The molecule has 0 aromatic carbocycles. The average molecular weight is 160 g/mol. The number of carbonyl (C=O) groups is 1. The van der Waals surface area contributed by atoms with E-state index >= 15 is 0 Å². The van der Waals surface area contributed by atoms with Crippen molar-refractivity contribution in [3.05, 3.63) is 0 Å². The highest BCUT2D eigenvalue weighted by Gasteiger charge is 2.53. The molecule has 0 amide bonds. The molecule has 1 N–H and O–H groups in total. The normalized spacial score (nSPS) is 36.4. The molecule has 0 spiro atoms. The summed E-state index contributed by atoms with van der Waals surface area (Å²) in [6, 6.07) is 0. The second-order valence-corrected chi connectivity index (χ2v) is 2.87. The van der Waals surface area contributed by atoms with Crippen LogP contribution in [0.25, 0.3) is 0 Å². The van der Waals surface area contributed by atoms with Crippen LogP contribution in [0.4, 0.5) is 0 Å². The Balaban J connectivity index is 2.52. The Bertz CT molecular complexity index is 168. The summed E-state index contributed by atoms with van der Waals surface area (Å²) in [4.78, 5) is 19.8. The lowest BCUT2D eigenvalue weighted by Gasteiger charge is -2.40. The van der Waals surface area contributed by atoms with Crippen molar-refractivity contribution in [3.8, 4) is 0 Å². The lowest BCUT2D eigenvalue weighted by atomic mass is 9.94. The molecule has 1 rings (SSSR count). The van der Waals surface area contributed by atoms with Gasteiger partial charge in [0, 0.05) is 0 Å². The van der Waals surface area contributed by atoms with E-state index in [0.717, 1.165) is 12.8 Å². The summed E-state index contributed by atoms with van der Waals surface area (Å²) in [5, 5.41) is 8.68. The van der Waals surface area contributed by atoms with Crippen molar-refractivity contribution in [1.29, 1.82) is 0 Å². The Kier molecular flexibility index (Phi) is 2.15. The number of rotatable bonds is 3. The van der Waals surface area contributed by atoms with Gasteiger partial charge in [-0.3, -0.25) is 0 Å². The Hall–Kier alpha value is -0.610. The summed E-state index contributed by atoms with van der Waals surface area (Å²) in [7, 11) is 0. The summed E-state index contributed by atoms with van der Waals surface area (Å²) >= 11 is 0. The molecule has 1 fully saturated rings. The van der Waals surface area contributed by atoms with Crippen LogP contribution in [0.1, 0.15) is 26.7 Å². The second kappa shape index (κ2) is 2.79. The van der Waals surface area contributed by atoms with Crippen LogP contribution in [0, 0.1) is 0 Å². The van der Waals surface area contributed by atoms with Crippen molar-refractivity contribution in [2.45, 2.75) is 38.4 Å². The molecule has 0 aliphatic carbocycles. The topological polar surface area (TPSA) is 55.8 Å². The van der Waals surface area contributed by atoms with Crippen LogP contribution >= 0.6 is 0 Å². The number of carboxylic acid groups (broad SMARTS) is 1. The molecule has 64 valence electrons. The molecule has 2 unspecified atom stereocenters. The second-order valence-electron chi connectivity index (χ2n) is 2.87. The Morgan fingerprint density at radius 3 is 2.64 bits per heavy atom. The zero-order valence-corrected chi connectivity index (χ0v) is 6.66. The van der Waals surface area contributed by atoms with E-state index < -0.39 is 11.6 Å². The fourth-order valence-corrected chi connectivity index (χ4v) is 1.02. The third-order valence-electron chi connectivity index (χ3n) is 1.93. The molecule has 1 aliphatic heterocycles. The quantitative estimate of drug-likeness (QED) is 0.625. The molecule has 1 saturated heterocycles. The van der Waals surface area contributed by atoms with Crippen molar-refractivity contribution in [1.82, 2.24) is 0 Å². The van der Waals surface area contributed by atoms with Crippen molar-refractivity contribution < 1.29 is 19.7 Å². The van der Waals surface area contributed by atoms with Gasteiger partial charge in [-0.1, -0.05) is 13.3 Å². The molecule has 0 aromatic heterocycles. The van der Waals surface area contributed by atoms with E-state index in [1.807, 2.05) is 6.92 Å². The summed E-state index contributed by atoms with van der Waals surface area (Å²) < 4.78 is 0. The Morgan fingerprint density at radius 2 is 2.36 bits per heavy atom. The molecule has 1 aliphatic rings. The minimum absolute atomic E-state index is 0.287. The first kappa shape index (κ1) is 8.49. The van der Waals surface area contributed by atoms with Gasteiger partial charge in [-0.15, -0.1) is 0 Å². The molecular formula is C7H12O4. The number of aliphatic carboxylic acids is 1. The van der Waals surface area contributed by atoms with E-state index in [2.05, 4.69) is 9.78 Å². The maximum atomic E-state index is 10.6. The third-order valence-corrected chi connectivity index (χ3v) is 1.93. The molecule has 2 atom stereocenters. The smallest absolute Gasteiger partial charge is 0.341 e. The maximum Gasteiger partial charge on any atom is 0.341 e. The van der Waals surface area contributed by atoms with Crippen LogP contribution in [0.3, 0.4) is 0 Å². The fourth-order valence-electron chi connectivity index (χ4n) is 1.02. The highest BCUT2D eigenvalue weighted by Crippen LogP contribution is 2.32. The van der Waals surface area contributed by atoms with Crippen LogP contribution in [-0.4, -0.2) is 22.8 Å². The van der Waals surface area contributed by atoms with Gasteiger partial charge in [0.25, 0.3) is 0 Å². The van der Waals surface area contributed by atoms with Gasteiger partial charge in [0.15, 0.2) is 0 Å². The molecule has 0 radical (unpaired) electrons. The predicted molar refractivity (Wildman–Crippen MR) is 36.9 cm³/mol. The first-order chi connectivity index (χ1) is 5.11. The molecule has 0 saturated carbocycles. The van der Waals surface area contributed by atoms with Gasteiger partial charge in [0.2, 0.25) is 5.60 Å². The van der Waals surface area contributed by atoms with Gasteiger partial charge in [0.1, 0.15) is 6.10 Å². The van der Waals surface area contributed by atoms with Gasteiger partial charge in [-0.05, 0) is 13.3 Å². The highest BCUT2D eigenvalue weighted by molar-refractivity contribution is 5.78. The van der Waals surface area contributed by atoms with Gasteiger partial charge in [0.05, 0.1) is 0 Å². The molecule has 0 aromatic rings. The van der Waals surface area contributed by atoms with Crippen LogP contribution in [0.5, 0.6) is 0 Å². The summed E-state index contributed by atoms with van der Waals surface area (Å²) in [5.41, 5.74) is -1.12. The van der Waals surface area contributed by atoms with Crippen LogP contribution in [-0.2, 0) is 14.6 Å². The first-order valence-electron chi connectivity index (χ1n) is 3.69. The first-order valence-corrected chi connectivity index (χ1v) is 3.69. The summed E-state index contributed by atoms with van der Waals surface area (Å²) in [6.07, 6.45) is 1.34. The van der Waals surface area contributed by atoms with Crippen LogP contribution in [0.15, 0.2) is 0 Å². The lowest BCUT2D eigenvalue weighted by molar-refractivity contribution is -0.492. The van der Waals surface area contributed by atoms with Crippen molar-refractivity contribution in [2.24, 2.45) is 0 Å². The standard InChI is InChI=1S/C7H12O4/c1-3-4-5-7(2,6(8)9)11-10-5/h5H,3-4H2,1-2H3,(H,8,9). The van der Waals surface area contributed by atoms with E-state index in [-0.39, 0.29) is 6.10 Å². The van der Waals surface area contributed by atoms with E-state index in [4.69, 9.17) is 5.11 Å². The van der Waals surface area contributed by atoms with Gasteiger partial charge >= 0.3 is 5.97 Å². The van der Waals surface area contributed by atoms with Crippen molar-refractivity contribution >= 4 is 5.97 Å². The zero-order chi connectivity index (χ0) is 8.48. The lowest BCUT2D eigenvalue weighted by Crippen LogP contribution is -2.59. The van der Waals surface area contributed by atoms with Crippen LogP contribution in [0.2, 0.25) is 0 Å². The predicted octanol–water partition coefficient (Wildman–Crippen LogP) is 0.960. The van der Waals surface area contributed by atoms with Gasteiger partial charge in [-0.2, -0.15) is 0 Å². The van der Waals surface area contributed by atoms with E-state index in [0.29, 0.717) is 0 Å². The SMILES string of the molecule is CCCC1OOC1(C)C(=O)O. The van der Waals surface area contributed by atoms with Crippen molar-refractivity contribution in [2.75, 3.05) is 0 Å². The average Bonchev–Trinajstić information content (AvgIpc) is 1.96. The van der Waals surface area contributed by atoms with E-state index in [1.54, 1.807) is 0 Å². The van der Waals surface area contributed by atoms with Crippen molar-refractivity contribution in [3.63, 3.8) is 0 Å². The largest absolute Gasteiger partial charge is 0.479 e. The minimum atomic E-state index is -1.12. The summed E-state index contributed by atoms with van der Waals surface area (Å²) in [6.45, 7) is 3.50. The molecule has 0 bridgehead atoms. The number of hydrogen-bond acceptors (Lipinski definition) is 3. The van der Waals surface area contributed by atoms with Gasteiger partial charge in [-0.25, -0.2) is 14.6 Å². The molecule has 4 heteroatoms. The van der Waals surface area contributed by atoms with Crippen LogP contribution < -0.4 is 0 Å². The highest BCUT2D eigenvalue weighted by atomic mass is 17.3.